The molecule has 3 atom stereocenters. The van der Waals surface area contributed by atoms with E-state index in [0.717, 1.165) is 28.6 Å². The zero-order chi connectivity index (χ0) is 25.6. The van der Waals surface area contributed by atoms with Crippen LogP contribution in [0.3, 0.4) is 0 Å². The van der Waals surface area contributed by atoms with Crippen molar-refractivity contribution in [3.8, 4) is 0 Å². The van der Waals surface area contributed by atoms with Gasteiger partial charge in [0.2, 0.25) is 5.91 Å². The van der Waals surface area contributed by atoms with Gasteiger partial charge in [0.05, 0.1) is 17.8 Å². The minimum absolute atomic E-state index is 0.0325. The van der Waals surface area contributed by atoms with Crippen LogP contribution < -0.4 is 4.90 Å². The topological polar surface area (TPSA) is 81.9 Å². The van der Waals surface area contributed by atoms with E-state index in [1.54, 1.807) is 6.07 Å². The second kappa shape index (κ2) is 9.82. The van der Waals surface area contributed by atoms with Gasteiger partial charge < -0.3 is 14.9 Å². The molecular formula is C26H29Cl2N5O3. The summed E-state index contributed by atoms with van der Waals surface area (Å²) in [5, 5.41) is 16.3. The second-order valence-corrected chi connectivity index (χ2v) is 10.5. The average molecular weight is 530 g/mol. The number of halogens is 2. The molecule has 1 aromatic heterocycles. The molecule has 2 aromatic carbocycles. The van der Waals surface area contributed by atoms with Crippen LogP contribution in [0.4, 0.5) is 10.5 Å². The molecule has 0 spiro atoms. The Hall–Kier alpha value is -2.97. The molecule has 2 aliphatic rings. The van der Waals surface area contributed by atoms with Crippen LogP contribution in [0.5, 0.6) is 0 Å². The summed E-state index contributed by atoms with van der Waals surface area (Å²) in [7, 11) is 0. The molecule has 0 saturated carbocycles. The molecule has 2 aliphatic heterocycles. The van der Waals surface area contributed by atoms with Crippen molar-refractivity contribution in [1.82, 2.24) is 19.6 Å². The third-order valence-corrected chi connectivity index (χ3v) is 7.98. The summed E-state index contributed by atoms with van der Waals surface area (Å²) in [4.78, 5) is 30.1. The van der Waals surface area contributed by atoms with Gasteiger partial charge in [-0.05, 0) is 62.6 Å². The van der Waals surface area contributed by atoms with E-state index >= 15 is 0 Å². The van der Waals surface area contributed by atoms with E-state index in [4.69, 9.17) is 23.2 Å². The average Bonchev–Trinajstić information content (AvgIpc) is 3.50. The monoisotopic (exact) mass is 529 g/mol. The van der Waals surface area contributed by atoms with Crippen molar-refractivity contribution in [3.05, 3.63) is 58.2 Å². The number of nitrogens with zero attached hydrogens (tertiary/aromatic N) is 5. The standard InChI is InChI=1S/C26H29Cl2N5O3/c1-16-15-30(10-11-31(16)25(34)23-4-3-9-32(23)26(35)36)20-7-5-18-14-29-33(24(18)13-20)17(2)21-8-6-19(27)12-22(21)28/h5-8,12-14,16-17,23H,3-4,9-11,15H2,1-2H3,(H,35,36)/t16-,17-,23?/m1/s1. The first-order chi connectivity index (χ1) is 17.2. The zero-order valence-electron chi connectivity index (χ0n) is 20.3. The van der Waals surface area contributed by atoms with E-state index in [9.17, 15) is 14.7 Å². The Morgan fingerprint density at radius 2 is 1.89 bits per heavy atom. The van der Waals surface area contributed by atoms with Crippen LogP contribution in [0.25, 0.3) is 10.9 Å². The molecule has 1 N–H and O–H groups in total. The van der Waals surface area contributed by atoms with Gasteiger partial charge in [-0.1, -0.05) is 29.3 Å². The lowest BCUT2D eigenvalue weighted by Gasteiger charge is -2.42. The van der Waals surface area contributed by atoms with Gasteiger partial charge in [0.15, 0.2) is 0 Å². The lowest BCUT2D eigenvalue weighted by atomic mass is 10.1. The second-order valence-electron chi connectivity index (χ2n) is 9.63. The van der Waals surface area contributed by atoms with E-state index in [0.29, 0.717) is 42.6 Å². The number of fused-ring (bicyclic) bond motifs is 1. The molecule has 2 saturated heterocycles. The van der Waals surface area contributed by atoms with E-state index in [2.05, 4.69) is 35.1 Å². The summed E-state index contributed by atoms with van der Waals surface area (Å²) in [6, 6.07) is 11.1. The van der Waals surface area contributed by atoms with E-state index < -0.39 is 12.1 Å². The summed E-state index contributed by atoms with van der Waals surface area (Å²) in [5.74, 6) is -0.0794. The summed E-state index contributed by atoms with van der Waals surface area (Å²) in [5.41, 5.74) is 3.00. The van der Waals surface area contributed by atoms with Crippen LogP contribution >= 0.6 is 23.2 Å². The lowest BCUT2D eigenvalue weighted by Crippen LogP contribution is -2.58. The van der Waals surface area contributed by atoms with Crippen molar-refractivity contribution in [1.29, 1.82) is 0 Å². The first kappa shape index (κ1) is 24.7. The third-order valence-electron chi connectivity index (χ3n) is 7.42. The first-order valence-corrected chi connectivity index (χ1v) is 13.0. The molecule has 2 amide bonds. The maximum atomic E-state index is 13.2. The Morgan fingerprint density at radius 1 is 1.08 bits per heavy atom. The highest BCUT2D eigenvalue weighted by Crippen LogP contribution is 2.32. The lowest BCUT2D eigenvalue weighted by molar-refractivity contribution is -0.137. The molecule has 2 fully saturated rings. The van der Waals surface area contributed by atoms with Crippen LogP contribution in [0.2, 0.25) is 10.0 Å². The number of likely N-dealkylation sites (tertiary alicyclic amines) is 1. The van der Waals surface area contributed by atoms with Gasteiger partial charge in [0.1, 0.15) is 6.04 Å². The molecule has 0 bridgehead atoms. The van der Waals surface area contributed by atoms with Gasteiger partial charge in [-0.3, -0.25) is 14.4 Å². The molecule has 1 unspecified atom stereocenters. The van der Waals surface area contributed by atoms with Crippen molar-refractivity contribution < 1.29 is 14.7 Å². The van der Waals surface area contributed by atoms with Crippen LogP contribution in [0, 0.1) is 0 Å². The van der Waals surface area contributed by atoms with Crippen molar-refractivity contribution in [2.45, 2.75) is 44.8 Å². The van der Waals surface area contributed by atoms with Gasteiger partial charge in [0, 0.05) is 53.3 Å². The summed E-state index contributed by atoms with van der Waals surface area (Å²) >= 11 is 12.6. The Labute approximate surface area is 220 Å². The molecular weight excluding hydrogens is 501 g/mol. The summed E-state index contributed by atoms with van der Waals surface area (Å²) < 4.78 is 1.97. The molecule has 0 radical (unpaired) electrons. The number of hydrogen-bond donors (Lipinski definition) is 1. The fourth-order valence-corrected chi connectivity index (χ4v) is 6.03. The smallest absolute Gasteiger partial charge is 0.407 e. The van der Waals surface area contributed by atoms with Gasteiger partial charge in [-0.25, -0.2) is 4.79 Å². The first-order valence-electron chi connectivity index (χ1n) is 12.2. The number of benzene rings is 2. The SMILES string of the molecule is C[C@@H]1CN(c2ccc3cnn([C@H](C)c4ccc(Cl)cc4Cl)c3c2)CCN1C(=O)C1CCCN1C(=O)O. The van der Waals surface area contributed by atoms with E-state index in [1.165, 1.54) is 4.90 Å². The highest BCUT2D eigenvalue weighted by molar-refractivity contribution is 6.35. The number of carboxylic acid groups (broad SMARTS) is 1. The van der Waals surface area contributed by atoms with Crippen molar-refractivity contribution >= 4 is 51.8 Å². The number of carbonyl (C=O) groups is 2. The third kappa shape index (κ3) is 4.48. The van der Waals surface area contributed by atoms with Gasteiger partial charge in [0.25, 0.3) is 0 Å². The van der Waals surface area contributed by atoms with Crippen molar-refractivity contribution in [2.24, 2.45) is 0 Å². The van der Waals surface area contributed by atoms with Gasteiger partial charge >= 0.3 is 6.09 Å². The molecule has 36 heavy (non-hydrogen) atoms. The summed E-state index contributed by atoms with van der Waals surface area (Å²) in [6.07, 6.45) is 2.16. The molecule has 10 heteroatoms. The predicted octanol–water partition coefficient (Wildman–Crippen LogP) is 5.13. The van der Waals surface area contributed by atoms with E-state index in [-0.39, 0.29) is 18.0 Å². The molecule has 0 aliphatic carbocycles. The molecule has 3 heterocycles. The number of hydrogen-bond acceptors (Lipinski definition) is 4. The van der Waals surface area contributed by atoms with Gasteiger partial charge in [-0.2, -0.15) is 5.10 Å². The van der Waals surface area contributed by atoms with Crippen LogP contribution in [-0.4, -0.2) is 74.9 Å². The molecule has 8 nitrogen and oxygen atoms in total. The number of rotatable bonds is 4. The highest BCUT2D eigenvalue weighted by atomic mass is 35.5. The number of anilines is 1. The quantitative estimate of drug-likeness (QED) is 0.506. The zero-order valence-corrected chi connectivity index (χ0v) is 21.8. The fourth-order valence-electron chi connectivity index (χ4n) is 5.47. The normalized spacial score (nSPS) is 21.3. The molecule has 5 rings (SSSR count). The Morgan fingerprint density at radius 3 is 2.61 bits per heavy atom. The Kier molecular flexibility index (Phi) is 6.74. The van der Waals surface area contributed by atoms with Crippen molar-refractivity contribution in [3.63, 3.8) is 0 Å². The summed E-state index contributed by atoms with van der Waals surface area (Å²) in [6.45, 7) is 6.41. The predicted molar refractivity (Wildman–Crippen MR) is 141 cm³/mol. The largest absolute Gasteiger partial charge is 0.465 e. The minimum Gasteiger partial charge on any atom is -0.465 e. The number of piperazine rings is 1. The maximum absolute atomic E-state index is 13.2. The fraction of sp³-hybridized carbons (Fsp3) is 0.423. The number of amides is 2. The molecule has 3 aromatic rings. The highest BCUT2D eigenvalue weighted by Gasteiger charge is 2.39. The van der Waals surface area contributed by atoms with Crippen LogP contribution in [0.15, 0.2) is 42.6 Å². The Balaban J connectivity index is 1.35. The van der Waals surface area contributed by atoms with Gasteiger partial charge in [-0.15, -0.1) is 0 Å². The van der Waals surface area contributed by atoms with Crippen LogP contribution in [0.1, 0.15) is 38.3 Å². The maximum Gasteiger partial charge on any atom is 0.407 e. The Bertz CT molecular complexity index is 1310. The van der Waals surface area contributed by atoms with Crippen LogP contribution in [-0.2, 0) is 4.79 Å². The van der Waals surface area contributed by atoms with Crippen molar-refractivity contribution in [2.75, 3.05) is 31.1 Å². The molecule has 190 valence electrons. The van der Waals surface area contributed by atoms with E-state index in [1.807, 2.05) is 34.8 Å². The number of carbonyl (C=O) groups excluding carboxylic acids is 1. The number of aromatic nitrogens is 2. The minimum atomic E-state index is -1.02.